The van der Waals surface area contributed by atoms with Gasteiger partial charge in [-0.15, -0.1) is 0 Å². The summed E-state index contributed by atoms with van der Waals surface area (Å²) in [6.45, 7) is 1.76. The van der Waals surface area contributed by atoms with Crippen LogP contribution in [0.5, 0.6) is 5.75 Å². The molecule has 21 heavy (non-hydrogen) atoms. The summed E-state index contributed by atoms with van der Waals surface area (Å²) in [6.07, 6.45) is 0. The highest BCUT2D eigenvalue weighted by Crippen LogP contribution is 2.21. The molecule has 108 valence electrons. The lowest BCUT2D eigenvalue weighted by Gasteiger charge is -2.08. The maximum Gasteiger partial charge on any atom is 0.335 e. The first-order valence-electron chi connectivity index (χ1n) is 6.02. The summed E-state index contributed by atoms with van der Waals surface area (Å²) < 4.78 is 13.7. The number of carboxylic acid groups (broad SMARTS) is 1. The number of anilines is 1. The first-order valence-corrected chi connectivity index (χ1v) is 6.02. The Balaban J connectivity index is 2.25. The Kier molecular flexibility index (Phi) is 3.89. The molecule has 0 aliphatic rings. The van der Waals surface area contributed by atoms with Crippen LogP contribution in [0.15, 0.2) is 36.4 Å². The normalized spacial score (nSPS) is 10.2. The van der Waals surface area contributed by atoms with Gasteiger partial charge in [0.1, 0.15) is 11.6 Å². The van der Waals surface area contributed by atoms with Crippen molar-refractivity contribution in [3.8, 4) is 5.75 Å². The highest BCUT2D eigenvalue weighted by molar-refractivity contribution is 6.06. The average Bonchev–Trinajstić information content (AvgIpc) is 2.40. The highest BCUT2D eigenvalue weighted by atomic mass is 19.1. The number of carboxylic acids is 1. The van der Waals surface area contributed by atoms with Crippen LogP contribution in [0.2, 0.25) is 0 Å². The number of phenolic OH excluding ortho intramolecular Hbond substituents is 1. The summed E-state index contributed by atoms with van der Waals surface area (Å²) in [5, 5.41) is 20.7. The Morgan fingerprint density at radius 3 is 2.43 bits per heavy atom. The first-order chi connectivity index (χ1) is 9.88. The molecule has 3 N–H and O–H groups in total. The van der Waals surface area contributed by atoms with Gasteiger partial charge in [0, 0.05) is 0 Å². The minimum Gasteiger partial charge on any atom is -0.507 e. The largest absolute Gasteiger partial charge is 0.507 e. The maximum absolute atomic E-state index is 13.7. The van der Waals surface area contributed by atoms with Gasteiger partial charge < -0.3 is 15.5 Å². The van der Waals surface area contributed by atoms with Crippen LogP contribution in [-0.4, -0.2) is 22.1 Å². The zero-order valence-electron chi connectivity index (χ0n) is 11.1. The number of aromatic hydroxyl groups is 1. The number of hydrogen-bond donors (Lipinski definition) is 3. The number of nitrogens with one attached hydrogen (secondary N) is 1. The number of phenols is 1. The van der Waals surface area contributed by atoms with Crippen LogP contribution in [0.4, 0.5) is 10.1 Å². The fourth-order valence-electron chi connectivity index (χ4n) is 1.77. The predicted molar refractivity (Wildman–Crippen MR) is 74.2 cm³/mol. The van der Waals surface area contributed by atoms with Gasteiger partial charge in [-0.05, 0) is 42.8 Å². The van der Waals surface area contributed by atoms with Crippen molar-refractivity contribution >= 4 is 17.6 Å². The van der Waals surface area contributed by atoms with Crippen LogP contribution in [-0.2, 0) is 0 Å². The molecule has 1 amide bonds. The zero-order chi connectivity index (χ0) is 15.6. The molecule has 5 nitrogen and oxygen atoms in total. The number of aryl methyl sites for hydroxylation is 1. The molecule has 2 aromatic carbocycles. The van der Waals surface area contributed by atoms with Crippen molar-refractivity contribution in [1.29, 1.82) is 0 Å². The summed E-state index contributed by atoms with van der Waals surface area (Å²) in [5.41, 5.74) is 0.400. The molecule has 0 saturated heterocycles. The van der Waals surface area contributed by atoms with E-state index >= 15 is 0 Å². The minimum absolute atomic E-state index is 0.00214. The minimum atomic E-state index is -1.26. The van der Waals surface area contributed by atoms with Crippen LogP contribution in [0.25, 0.3) is 0 Å². The number of rotatable bonds is 3. The third-order valence-electron chi connectivity index (χ3n) is 2.86. The lowest BCUT2D eigenvalue weighted by molar-refractivity contribution is 0.0696. The van der Waals surface area contributed by atoms with E-state index in [4.69, 9.17) is 5.11 Å². The molecule has 0 aromatic heterocycles. The fourth-order valence-corrected chi connectivity index (χ4v) is 1.77. The Hall–Kier alpha value is -2.89. The Morgan fingerprint density at radius 1 is 1.14 bits per heavy atom. The van der Waals surface area contributed by atoms with Crippen LogP contribution in [0.3, 0.4) is 0 Å². The lowest BCUT2D eigenvalue weighted by Crippen LogP contribution is -2.13. The maximum atomic E-state index is 13.7. The molecular formula is C15H12FNO4. The molecule has 0 radical (unpaired) electrons. The SMILES string of the molecule is Cc1ccc(C(=O)Nc2ccc(C(=O)O)cc2F)c(O)c1. The van der Waals surface area contributed by atoms with Crippen molar-refractivity contribution in [3.05, 3.63) is 58.9 Å². The van der Waals surface area contributed by atoms with Gasteiger partial charge in [0.25, 0.3) is 5.91 Å². The van der Waals surface area contributed by atoms with Gasteiger partial charge >= 0.3 is 5.97 Å². The van der Waals surface area contributed by atoms with E-state index in [0.717, 1.165) is 17.7 Å². The molecule has 0 spiro atoms. The van der Waals surface area contributed by atoms with Crippen LogP contribution < -0.4 is 5.32 Å². The number of carbonyl (C=O) groups excluding carboxylic acids is 1. The molecule has 2 aromatic rings. The van der Waals surface area contributed by atoms with E-state index in [9.17, 15) is 19.1 Å². The topological polar surface area (TPSA) is 86.6 Å². The summed E-state index contributed by atoms with van der Waals surface area (Å²) in [5.74, 6) is -3.03. The Morgan fingerprint density at radius 2 is 1.86 bits per heavy atom. The van der Waals surface area contributed by atoms with Crippen molar-refractivity contribution in [1.82, 2.24) is 0 Å². The monoisotopic (exact) mass is 289 g/mol. The molecule has 0 atom stereocenters. The molecular weight excluding hydrogens is 277 g/mol. The van der Waals surface area contributed by atoms with Crippen molar-refractivity contribution < 1.29 is 24.2 Å². The van der Waals surface area contributed by atoms with Crippen molar-refractivity contribution in [2.24, 2.45) is 0 Å². The number of carbonyl (C=O) groups is 2. The summed E-state index contributed by atoms with van der Waals surface area (Å²) >= 11 is 0. The standard InChI is InChI=1S/C15H12FNO4/c1-8-2-4-10(13(18)6-8)14(19)17-12-5-3-9(15(20)21)7-11(12)16/h2-7,18H,1H3,(H,17,19)(H,20,21). The molecule has 0 unspecified atom stereocenters. The number of halogens is 1. The van der Waals surface area contributed by atoms with Crippen LogP contribution >= 0.6 is 0 Å². The van der Waals surface area contributed by atoms with E-state index < -0.39 is 17.7 Å². The number of hydrogen-bond acceptors (Lipinski definition) is 3. The molecule has 6 heteroatoms. The molecule has 2 rings (SSSR count). The zero-order valence-corrected chi connectivity index (χ0v) is 11.1. The van der Waals surface area contributed by atoms with Gasteiger partial charge in [0.2, 0.25) is 0 Å². The van der Waals surface area contributed by atoms with Gasteiger partial charge in [0.05, 0.1) is 16.8 Å². The highest BCUT2D eigenvalue weighted by Gasteiger charge is 2.14. The summed E-state index contributed by atoms with van der Waals surface area (Å²) in [6, 6.07) is 7.62. The van der Waals surface area contributed by atoms with E-state index in [1.807, 2.05) is 0 Å². The molecule has 0 aliphatic carbocycles. The van der Waals surface area contributed by atoms with Crippen molar-refractivity contribution in [2.45, 2.75) is 6.92 Å². The van der Waals surface area contributed by atoms with E-state index in [0.29, 0.717) is 0 Å². The van der Waals surface area contributed by atoms with E-state index in [2.05, 4.69) is 5.32 Å². The second-order valence-electron chi connectivity index (χ2n) is 4.47. The van der Waals surface area contributed by atoms with Gasteiger partial charge in [-0.3, -0.25) is 4.79 Å². The summed E-state index contributed by atoms with van der Waals surface area (Å²) in [4.78, 5) is 22.7. The first kappa shape index (κ1) is 14.5. The van der Waals surface area contributed by atoms with Crippen LogP contribution in [0.1, 0.15) is 26.3 Å². The van der Waals surface area contributed by atoms with Gasteiger partial charge in [-0.1, -0.05) is 6.07 Å². The predicted octanol–water partition coefficient (Wildman–Crippen LogP) is 2.79. The molecule has 0 heterocycles. The number of aromatic carboxylic acids is 1. The van der Waals surface area contributed by atoms with Crippen LogP contribution in [0, 0.1) is 12.7 Å². The van der Waals surface area contributed by atoms with Gasteiger partial charge in [-0.25, -0.2) is 9.18 Å². The number of benzene rings is 2. The van der Waals surface area contributed by atoms with E-state index in [-0.39, 0.29) is 22.6 Å². The Labute approximate surface area is 119 Å². The second kappa shape index (κ2) is 5.62. The fraction of sp³-hybridized carbons (Fsp3) is 0.0667. The lowest BCUT2D eigenvalue weighted by atomic mass is 10.1. The number of amides is 1. The molecule has 0 fully saturated rings. The molecule has 0 saturated carbocycles. The third-order valence-corrected chi connectivity index (χ3v) is 2.86. The van der Waals surface area contributed by atoms with Gasteiger partial charge in [0.15, 0.2) is 0 Å². The van der Waals surface area contributed by atoms with Crippen molar-refractivity contribution in [2.75, 3.05) is 5.32 Å². The van der Waals surface area contributed by atoms with E-state index in [1.54, 1.807) is 13.0 Å². The quantitative estimate of drug-likeness (QED) is 0.811. The van der Waals surface area contributed by atoms with E-state index in [1.165, 1.54) is 18.2 Å². The average molecular weight is 289 g/mol. The van der Waals surface area contributed by atoms with Crippen molar-refractivity contribution in [3.63, 3.8) is 0 Å². The second-order valence-corrected chi connectivity index (χ2v) is 4.47. The molecule has 0 bridgehead atoms. The van der Waals surface area contributed by atoms with Gasteiger partial charge in [-0.2, -0.15) is 0 Å². The third kappa shape index (κ3) is 3.17. The Bertz CT molecular complexity index is 728. The molecule has 0 aliphatic heterocycles. The summed E-state index contributed by atoms with van der Waals surface area (Å²) in [7, 11) is 0. The smallest absolute Gasteiger partial charge is 0.335 e.